The molecule has 0 fully saturated rings. The van der Waals surface area contributed by atoms with Gasteiger partial charge in [0.1, 0.15) is 0 Å². The fourth-order valence-corrected chi connectivity index (χ4v) is 3.17. The van der Waals surface area contributed by atoms with E-state index in [4.69, 9.17) is 11.6 Å². The minimum atomic E-state index is -0.219. The van der Waals surface area contributed by atoms with Crippen molar-refractivity contribution in [1.82, 2.24) is 0 Å². The molecule has 106 valence electrons. The van der Waals surface area contributed by atoms with Gasteiger partial charge in [0.25, 0.3) is 0 Å². The van der Waals surface area contributed by atoms with Gasteiger partial charge in [-0.3, -0.25) is 4.79 Å². The summed E-state index contributed by atoms with van der Waals surface area (Å²) in [7, 11) is 1.40. The highest BCUT2D eigenvalue weighted by atomic mass is 79.9. The lowest BCUT2D eigenvalue weighted by atomic mass is 10.3. The second-order valence-electron chi connectivity index (χ2n) is 4.08. The molecule has 2 aromatic rings. The van der Waals surface area contributed by atoms with Crippen molar-refractivity contribution in [3.63, 3.8) is 0 Å². The van der Waals surface area contributed by atoms with Crippen molar-refractivity contribution >= 4 is 50.5 Å². The first-order chi connectivity index (χ1) is 9.60. The summed E-state index contributed by atoms with van der Waals surface area (Å²) in [6.45, 7) is 0.685. The lowest BCUT2D eigenvalue weighted by Crippen LogP contribution is -2.02. The summed E-state index contributed by atoms with van der Waals surface area (Å²) in [5.41, 5.74) is 0.945. The number of methoxy groups -OCH3 is 1. The third-order valence-corrected chi connectivity index (χ3v) is 5.15. The van der Waals surface area contributed by atoms with Gasteiger partial charge in [0.2, 0.25) is 0 Å². The average Bonchev–Trinajstić information content (AvgIpc) is 2.88. The van der Waals surface area contributed by atoms with E-state index in [1.54, 1.807) is 11.3 Å². The third-order valence-electron chi connectivity index (χ3n) is 2.67. The van der Waals surface area contributed by atoms with Crippen molar-refractivity contribution in [3.8, 4) is 0 Å². The number of carbonyl (C=O) groups excluding carboxylic acids is 1. The van der Waals surface area contributed by atoms with Crippen molar-refractivity contribution in [2.75, 3.05) is 12.4 Å². The van der Waals surface area contributed by atoms with Crippen LogP contribution >= 0.6 is 38.9 Å². The van der Waals surface area contributed by atoms with Gasteiger partial charge in [0.15, 0.2) is 0 Å². The van der Waals surface area contributed by atoms with Gasteiger partial charge in [-0.25, -0.2) is 0 Å². The number of hydrogen-bond donors (Lipinski definition) is 1. The third kappa shape index (κ3) is 3.98. The maximum absolute atomic E-state index is 11.2. The van der Waals surface area contributed by atoms with Gasteiger partial charge >= 0.3 is 5.97 Å². The molecule has 0 saturated carbocycles. The van der Waals surface area contributed by atoms with Crippen LogP contribution in [0.15, 0.2) is 34.8 Å². The number of nitrogens with one attached hydrogen (secondary N) is 1. The Morgan fingerprint density at radius 1 is 1.35 bits per heavy atom. The molecule has 6 heteroatoms. The molecule has 20 heavy (non-hydrogen) atoms. The smallest absolute Gasteiger partial charge is 0.310 e. The highest BCUT2D eigenvalue weighted by Gasteiger charge is 2.07. The van der Waals surface area contributed by atoms with Crippen LogP contribution in [0, 0.1) is 0 Å². The van der Waals surface area contributed by atoms with Crippen LogP contribution in [0.2, 0.25) is 5.02 Å². The molecule has 0 atom stereocenters. The lowest BCUT2D eigenvalue weighted by molar-refractivity contribution is -0.139. The summed E-state index contributed by atoms with van der Waals surface area (Å²) in [5, 5.41) is 3.99. The summed E-state index contributed by atoms with van der Waals surface area (Å²) in [6, 6.07) is 9.64. The largest absolute Gasteiger partial charge is 0.469 e. The highest BCUT2D eigenvalue weighted by Crippen LogP contribution is 2.30. The van der Waals surface area contributed by atoms with Crippen molar-refractivity contribution in [1.29, 1.82) is 0 Å². The van der Waals surface area contributed by atoms with E-state index in [0.29, 0.717) is 18.0 Å². The Morgan fingerprint density at radius 2 is 2.10 bits per heavy atom. The number of hydrogen-bond acceptors (Lipinski definition) is 4. The Bertz CT molecular complexity index is 615. The number of esters is 1. The molecule has 1 heterocycles. The van der Waals surface area contributed by atoms with Crippen molar-refractivity contribution in [3.05, 3.63) is 49.6 Å². The maximum Gasteiger partial charge on any atom is 0.310 e. The van der Waals surface area contributed by atoms with Gasteiger partial charge in [-0.1, -0.05) is 17.7 Å². The first kappa shape index (κ1) is 15.4. The van der Waals surface area contributed by atoms with E-state index in [1.165, 1.54) is 7.11 Å². The number of anilines is 1. The van der Waals surface area contributed by atoms with Crippen molar-refractivity contribution in [2.24, 2.45) is 0 Å². The number of carbonyl (C=O) groups is 1. The molecule has 0 spiro atoms. The van der Waals surface area contributed by atoms with E-state index in [1.807, 2.05) is 30.3 Å². The first-order valence-corrected chi connectivity index (χ1v) is 7.91. The Labute approximate surface area is 135 Å². The zero-order valence-electron chi connectivity index (χ0n) is 10.8. The predicted octanol–water partition coefficient (Wildman–Crippen LogP) is 4.49. The number of thiophene rings is 1. The molecule has 2 rings (SSSR count). The molecule has 0 amide bonds. The van der Waals surface area contributed by atoms with Crippen LogP contribution < -0.4 is 5.32 Å². The van der Waals surface area contributed by atoms with Crippen LogP contribution in [0.4, 0.5) is 5.69 Å². The summed E-state index contributed by atoms with van der Waals surface area (Å²) in [5.74, 6) is -0.219. The Morgan fingerprint density at radius 3 is 2.85 bits per heavy atom. The van der Waals surface area contributed by atoms with Gasteiger partial charge < -0.3 is 10.1 Å². The maximum atomic E-state index is 11.2. The zero-order valence-corrected chi connectivity index (χ0v) is 13.9. The molecule has 0 aliphatic heterocycles. The summed E-state index contributed by atoms with van der Waals surface area (Å²) in [4.78, 5) is 13.3. The SMILES string of the molecule is COC(=O)Cc1ccc(CNc2cccc(Cl)c2Br)s1. The summed E-state index contributed by atoms with van der Waals surface area (Å²) in [6.07, 6.45) is 0.321. The van der Waals surface area contributed by atoms with Gasteiger partial charge in [0.05, 0.1) is 28.7 Å². The lowest BCUT2D eigenvalue weighted by Gasteiger charge is -2.08. The first-order valence-electron chi connectivity index (χ1n) is 5.92. The van der Waals surface area contributed by atoms with Gasteiger partial charge in [0, 0.05) is 16.3 Å². The second-order valence-corrected chi connectivity index (χ2v) is 6.53. The molecule has 3 nitrogen and oxygen atoms in total. The van der Waals surface area contributed by atoms with Crippen LogP contribution in [0.25, 0.3) is 0 Å². The van der Waals surface area contributed by atoms with Crippen LogP contribution in [0.1, 0.15) is 9.75 Å². The number of rotatable bonds is 5. The minimum absolute atomic E-state index is 0.219. The standard InChI is InChI=1S/C14H13BrClNO2S/c1-19-13(18)7-9-5-6-10(20-9)8-17-12-4-2-3-11(16)14(12)15/h2-6,17H,7-8H2,1H3. The Balaban J connectivity index is 1.97. The van der Waals surface area contributed by atoms with Crippen LogP contribution in [0.5, 0.6) is 0 Å². The van der Waals surface area contributed by atoms with Crippen molar-refractivity contribution < 1.29 is 9.53 Å². The van der Waals surface area contributed by atoms with E-state index < -0.39 is 0 Å². The monoisotopic (exact) mass is 373 g/mol. The average molecular weight is 375 g/mol. The van der Waals surface area contributed by atoms with Crippen LogP contribution in [-0.4, -0.2) is 13.1 Å². The number of ether oxygens (including phenoxy) is 1. The molecular weight excluding hydrogens is 362 g/mol. The molecule has 0 saturated heterocycles. The second kappa shape index (κ2) is 7.11. The fourth-order valence-electron chi connectivity index (χ4n) is 1.65. The van der Waals surface area contributed by atoms with Gasteiger partial charge in [-0.05, 0) is 40.2 Å². The molecule has 1 aromatic carbocycles. The summed E-state index contributed by atoms with van der Waals surface area (Å²) < 4.78 is 5.51. The Hall–Kier alpha value is -1.04. The van der Waals surface area contributed by atoms with Crippen molar-refractivity contribution in [2.45, 2.75) is 13.0 Å². The molecule has 1 aromatic heterocycles. The number of halogens is 2. The van der Waals surface area contributed by atoms with E-state index in [-0.39, 0.29) is 5.97 Å². The van der Waals surface area contributed by atoms with E-state index in [9.17, 15) is 4.79 Å². The van der Waals surface area contributed by atoms with Crippen LogP contribution in [0.3, 0.4) is 0 Å². The predicted molar refractivity (Wildman–Crippen MR) is 86.5 cm³/mol. The Kier molecular flexibility index (Phi) is 5.46. The van der Waals surface area contributed by atoms with Crippen LogP contribution in [-0.2, 0) is 22.5 Å². The number of benzene rings is 1. The zero-order chi connectivity index (χ0) is 14.5. The molecule has 0 unspecified atom stereocenters. The van der Waals surface area contributed by atoms with Gasteiger partial charge in [-0.15, -0.1) is 11.3 Å². The topological polar surface area (TPSA) is 38.3 Å². The highest BCUT2D eigenvalue weighted by molar-refractivity contribution is 9.10. The molecule has 1 N–H and O–H groups in total. The molecule has 0 bridgehead atoms. The van der Waals surface area contributed by atoms with Gasteiger partial charge in [-0.2, -0.15) is 0 Å². The van der Waals surface area contributed by atoms with E-state index in [0.717, 1.165) is 19.9 Å². The molecular formula is C14H13BrClNO2S. The normalized spacial score (nSPS) is 10.3. The molecule has 0 radical (unpaired) electrons. The quantitative estimate of drug-likeness (QED) is 0.784. The van der Waals surface area contributed by atoms with E-state index >= 15 is 0 Å². The fraction of sp³-hybridized carbons (Fsp3) is 0.214. The summed E-state index contributed by atoms with van der Waals surface area (Å²) >= 11 is 11.1. The minimum Gasteiger partial charge on any atom is -0.469 e. The molecule has 0 aliphatic carbocycles. The van der Waals surface area contributed by atoms with E-state index in [2.05, 4.69) is 26.0 Å². The molecule has 0 aliphatic rings.